The summed E-state index contributed by atoms with van der Waals surface area (Å²) in [5.74, 6) is 1.63. The van der Waals surface area contributed by atoms with E-state index in [0.717, 1.165) is 52.0 Å². The Morgan fingerprint density at radius 3 is 2.74 bits per heavy atom. The number of ether oxygens (including phenoxy) is 2. The minimum Gasteiger partial charge on any atom is -0.379 e. The van der Waals surface area contributed by atoms with Crippen LogP contribution in [0, 0.1) is 18.3 Å². The third kappa shape index (κ3) is 4.52. The summed E-state index contributed by atoms with van der Waals surface area (Å²) in [5, 5.41) is 7.37. The molecule has 174 valence electrons. The molecule has 1 aromatic rings. The molecule has 2 N–H and O–H groups in total. The Morgan fingerprint density at radius 2 is 2.10 bits per heavy atom. The Hall–Kier alpha value is -0.420. The van der Waals surface area contributed by atoms with Gasteiger partial charge in [0.1, 0.15) is 0 Å². The van der Waals surface area contributed by atoms with Gasteiger partial charge in [-0.1, -0.05) is 6.42 Å². The molecule has 1 spiro atoms. The van der Waals surface area contributed by atoms with Crippen LogP contribution in [0.1, 0.15) is 48.4 Å². The van der Waals surface area contributed by atoms with E-state index in [2.05, 4.69) is 41.5 Å². The van der Waals surface area contributed by atoms with Crippen LogP contribution in [0.25, 0.3) is 0 Å². The topological polar surface area (TPSA) is 58.1 Å². The number of rotatable bonds is 6. The van der Waals surface area contributed by atoms with Crippen molar-refractivity contribution in [2.24, 2.45) is 16.3 Å². The van der Waals surface area contributed by atoms with Gasteiger partial charge < -0.3 is 20.1 Å². The number of aliphatic imine (C=N–C) groups is 1. The van der Waals surface area contributed by atoms with Gasteiger partial charge in [0.2, 0.25) is 0 Å². The molecule has 6 nitrogen and oxygen atoms in total. The van der Waals surface area contributed by atoms with E-state index in [-0.39, 0.29) is 24.0 Å². The largest absolute Gasteiger partial charge is 0.379 e. The number of hydrogen-bond acceptors (Lipinski definition) is 5. The number of guanidine groups is 1. The summed E-state index contributed by atoms with van der Waals surface area (Å²) in [5.41, 5.74) is 0.367. The Balaban J connectivity index is 0.00000231. The van der Waals surface area contributed by atoms with E-state index in [9.17, 15) is 0 Å². The number of halogens is 1. The minimum absolute atomic E-state index is 0. The lowest BCUT2D eigenvalue weighted by Crippen LogP contribution is -2.72. The molecule has 4 fully saturated rings. The minimum atomic E-state index is 0. The maximum atomic E-state index is 6.10. The van der Waals surface area contributed by atoms with E-state index in [1.807, 2.05) is 11.3 Å². The van der Waals surface area contributed by atoms with Crippen molar-refractivity contribution in [3.8, 4) is 0 Å². The highest BCUT2D eigenvalue weighted by Gasteiger charge is 2.66. The summed E-state index contributed by atoms with van der Waals surface area (Å²) in [6.07, 6.45) is 5.62. The van der Waals surface area contributed by atoms with Gasteiger partial charge in [-0.2, -0.15) is 0 Å². The zero-order valence-corrected chi connectivity index (χ0v) is 21.9. The summed E-state index contributed by atoms with van der Waals surface area (Å²) in [6.45, 7) is 10.5. The maximum Gasteiger partial charge on any atom is 0.191 e. The molecule has 0 aromatic carbocycles. The number of hydrogen-bond donors (Lipinski definition) is 2. The quantitative estimate of drug-likeness (QED) is 0.317. The van der Waals surface area contributed by atoms with Gasteiger partial charge in [-0.05, 0) is 45.2 Å². The third-order valence-corrected chi connectivity index (χ3v) is 8.77. The molecule has 1 aromatic heterocycles. The Bertz CT molecular complexity index is 763. The fourth-order valence-electron chi connectivity index (χ4n) is 6.01. The molecule has 0 amide bonds. The fourth-order valence-corrected chi connectivity index (χ4v) is 7.01. The number of thiophene rings is 1. The van der Waals surface area contributed by atoms with Gasteiger partial charge in [-0.3, -0.25) is 9.89 Å². The summed E-state index contributed by atoms with van der Waals surface area (Å²) < 4.78 is 11.7. The summed E-state index contributed by atoms with van der Waals surface area (Å²) in [6, 6.07) is 5.36. The van der Waals surface area contributed by atoms with Crippen LogP contribution in [0.3, 0.4) is 0 Å². The molecule has 3 heterocycles. The van der Waals surface area contributed by atoms with Crippen LogP contribution in [0.4, 0.5) is 0 Å². The molecule has 4 unspecified atom stereocenters. The van der Waals surface area contributed by atoms with E-state index in [0.29, 0.717) is 29.5 Å². The summed E-state index contributed by atoms with van der Waals surface area (Å²) >= 11 is 1.90. The maximum absolute atomic E-state index is 6.10. The molecule has 2 aliphatic heterocycles. The Morgan fingerprint density at radius 1 is 1.29 bits per heavy atom. The smallest absolute Gasteiger partial charge is 0.191 e. The molecule has 2 saturated carbocycles. The predicted molar refractivity (Wildman–Crippen MR) is 137 cm³/mol. The van der Waals surface area contributed by atoms with Crippen LogP contribution in [0.2, 0.25) is 0 Å². The number of nitrogens with one attached hydrogen (secondary N) is 2. The normalized spacial score (nSPS) is 30.6. The lowest BCUT2D eigenvalue weighted by atomic mass is 9.46. The first-order valence-electron chi connectivity index (χ1n) is 11.8. The van der Waals surface area contributed by atoms with Crippen molar-refractivity contribution < 1.29 is 9.47 Å². The zero-order valence-electron chi connectivity index (χ0n) is 18.8. The lowest BCUT2D eigenvalue weighted by molar-refractivity contribution is -0.171. The third-order valence-electron chi connectivity index (χ3n) is 7.67. The van der Waals surface area contributed by atoms with E-state index >= 15 is 0 Å². The first-order chi connectivity index (χ1) is 14.7. The molecule has 5 rings (SSSR count). The van der Waals surface area contributed by atoms with Crippen molar-refractivity contribution in [3.05, 3.63) is 21.9 Å². The fraction of sp³-hybridized carbons (Fsp3) is 0.783. The van der Waals surface area contributed by atoms with Gasteiger partial charge in [0.15, 0.2) is 5.96 Å². The molecular weight excluding hydrogens is 523 g/mol. The highest BCUT2D eigenvalue weighted by atomic mass is 127. The van der Waals surface area contributed by atoms with Gasteiger partial charge in [-0.15, -0.1) is 35.3 Å². The monoisotopic (exact) mass is 560 g/mol. The standard InChI is InChI=1S/C23H36N4O2S.HI/c1-3-24-22(26-20-17-7-12-29-21(17)23(20)8-4-9-23)25-15-18(19-6-5-16(2)30-19)27-10-13-28-14-11-27;/h5-6,17-18,20-21H,3-4,7-15H2,1-2H3,(H2,24,25,26);1H. The van der Waals surface area contributed by atoms with Crippen molar-refractivity contribution in [1.29, 1.82) is 0 Å². The molecule has 2 saturated heterocycles. The highest BCUT2D eigenvalue weighted by Crippen LogP contribution is 2.62. The van der Waals surface area contributed by atoms with Crippen molar-refractivity contribution in [3.63, 3.8) is 0 Å². The van der Waals surface area contributed by atoms with E-state index < -0.39 is 0 Å². The molecule has 4 aliphatic rings. The molecule has 0 bridgehead atoms. The van der Waals surface area contributed by atoms with E-state index in [1.54, 1.807) is 0 Å². The first-order valence-corrected chi connectivity index (χ1v) is 12.6. The van der Waals surface area contributed by atoms with Gasteiger partial charge >= 0.3 is 0 Å². The number of morpholine rings is 1. The van der Waals surface area contributed by atoms with Gasteiger partial charge in [0, 0.05) is 53.4 Å². The number of nitrogens with zero attached hydrogens (tertiary/aromatic N) is 2. The van der Waals surface area contributed by atoms with Crippen LogP contribution in [-0.2, 0) is 9.47 Å². The van der Waals surface area contributed by atoms with Crippen LogP contribution >= 0.6 is 35.3 Å². The average molecular weight is 561 g/mol. The van der Waals surface area contributed by atoms with Crippen LogP contribution in [-0.4, -0.2) is 69.0 Å². The van der Waals surface area contributed by atoms with E-state index in [4.69, 9.17) is 14.5 Å². The van der Waals surface area contributed by atoms with Crippen molar-refractivity contribution >= 4 is 41.3 Å². The van der Waals surface area contributed by atoms with E-state index in [1.165, 1.54) is 35.4 Å². The Kier molecular flexibility index (Phi) is 7.84. The molecule has 8 heteroatoms. The number of fused-ring (bicyclic) bond motifs is 2. The van der Waals surface area contributed by atoms with Gasteiger partial charge in [-0.25, -0.2) is 0 Å². The van der Waals surface area contributed by atoms with Gasteiger partial charge in [0.05, 0.1) is 31.9 Å². The summed E-state index contributed by atoms with van der Waals surface area (Å²) in [7, 11) is 0. The highest BCUT2D eigenvalue weighted by molar-refractivity contribution is 14.0. The molecule has 0 radical (unpaired) electrons. The summed E-state index contributed by atoms with van der Waals surface area (Å²) in [4.78, 5) is 10.4. The first kappa shape index (κ1) is 23.7. The van der Waals surface area contributed by atoms with Crippen LogP contribution in [0.5, 0.6) is 0 Å². The molecule has 31 heavy (non-hydrogen) atoms. The van der Waals surface area contributed by atoms with Crippen molar-refractivity contribution in [2.75, 3.05) is 46.0 Å². The lowest BCUT2D eigenvalue weighted by Gasteiger charge is -2.63. The van der Waals surface area contributed by atoms with Crippen molar-refractivity contribution in [1.82, 2.24) is 15.5 Å². The second kappa shape index (κ2) is 10.2. The predicted octanol–water partition coefficient (Wildman–Crippen LogP) is 3.56. The molecule has 4 atom stereocenters. The molecule has 2 aliphatic carbocycles. The van der Waals surface area contributed by atoms with Crippen molar-refractivity contribution in [2.45, 2.75) is 57.7 Å². The zero-order chi connectivity index (χ0) is 20.6. The Labute approximate surface area is 207 Å². The number of aryl methyl sites for hydroxylation is 1. The van der Waals surface area contributed by atoms with Crippen LogP contribution in [0.15, 0.2) is 17.1 Å². The second-order valence-electron chi connectivity index (χ2n) is 9.28. The molecular formula is C23H37IN4O2S. The average Bonchev–Trinajstić information content (AvgIpc) is 3.33. The van der Waals surface area contributed by atoms with Gasteiger partial charge in [0.25, 0.3) is 0 Å². The second-order valence-corrected chi connectivity index (χ2v) is 10.6. The van der Waals surface area contributed by atoms with Crippen LogP contribution < -0.4 is 10.6 Å². The SMILES string of the molecule is CCNC(=NCC(c1ccc(C)s1)N1CCOCC1)NC1C2CCOC2C12CCC2.I.